The minimum absolute atomic E-state index is 0.107. The first-order chi connectivity index (χ1) is 11.6. The minimum atomic E-state index is -0.211. The molecule has 1 heterocycles. The molecule has 0 fully saturated rings. The standard InChI is InChI=1S/C18H21N3O3/c1-3-15-12-18(23)21(13-20-15)11-10-19-17(22)9-6-14-4-7-16(24-2)8-5-14/h4-9,12-13H,3,10-11H2,1-2H3,(H,19,22)/b9-6+. The van der Waals surface area contributed by atoms with E-state index in [0.29, 0.717) is 13.1 Å². The fraction of sp³-hybridized carbons (Fsp3) is 0.278. The van der Waals surface area contributed by atoms with Crippen LogP contribution in [0.2, 0.25) is 0 Å². The predicted molar refractivity (Wildman–Crippen MR) is 92.9 cm³/mol. The summed E-state index contributed by atoms with van der Waals surface area (Å²) in [6, 6.07) is 8.91. The average molecular weight is 327 g/mol. The highest BCUT2D eigenvalue weighted by atomic mass is 16.5. The first-order valence-corrected chi connectivity index (χ1v) is 7.77. The first kappa shape index (κ1) is 17.5. The van der Waals surface area contributed by atoms with Crippen molar-refractivity contribution in [2.75, 3.05) is 13.7 Å². The third-order valence-corrected chi connectivity index (χ3v) is 3.49. The lowest BCUT2D eigenvalue weighted by Gasteiger charge is -2.06. The Bertz CT molecular complexity index is 764. The molecular formula is C18H21N3O3. The van der Waals surface area contributed by atoms with Crippen LogP contribution in [0.1, 0.15) is 18.2 Å². The molecule has 24 heavy (non-hydrogen) atoms. The van der Waals surface area contributed by atoms with E-state index in [1.807, 2.05) is 31.2 Å². The lowest BCUT2D eigenvalue weighted by molar-refractivity contribution is -0.116. The number of carbonyl (C=O) groups is 1. The highest BCUT2D eigenvalue weighted by Gasteiger charge is 2.00. The summed E-state index contributed by atoms with van der Waals surface area (Å²) < 4.78 is 6.56. The summed E-state index contributed by atoms with van der Waals surface area (Å²) in [4.78, 5) is 27.8. The Morgan fingerprint density at radius 2 is 2.08 bits per heavy atom. The van der Waals surface area contributed by atoms with E-state index in [9.17, 15) is 9.59 Å². The van der Waals surface area contributed by atoms with E-state index in [1.165, 1.54) is 23.0 Å². The highest BCUT2D eigenvalue weighted by Crippen LogP contribution is 2.12. The number of methoxy groups -OCH3 is 1. The van der Waals surface area contributed by atoms with Crippen molar-refractivity contribution in [3.63, 3.8) is 0 Å². The second-order valence-electron chi connectivity index (χ2n) is 5.16. The number of nitrogens with zero attached hydrogens (tertiary/aromatic N) is 2. The van der Waals surface area contributed by atoms with Crippen LogP contribution in [0, 0.1) is 0 Å². The quantitative estimate of drug-likeness (QED) is 0.785. The summed E-state index contributed by atoms with van der Waals surface area (Å²) >= 11 is 0. The molecule has 0 aliphatic carbocycles. The van der Waals surface area contributed by atoms with Gasteiger partial charge in [-0.2, -0.15) is 0 Å². The number of hydrogen-bond acceptors (Lipinski definition) is 4. The molecule has 0 aliphatic rings. The van der Waals surface area contributed by atoms with E-state index >= 15 is 0 Å². The maximum atomic E-state index is 11.8. The summed E-state index contributed by atoms with van der Waals surface area (Å²) in [5.74, 6) is 0.557. The Morgan fingerprint density at radius 3 is 2.71 bits per heavy atom. The molecule has 0 saturated heterocycles. The van der Waals surface area contributed by atoms with Gasteiger partial charge in [-0.1, -0.05) is 19.1 Å². The van der Waals surface area contributed by atoms with E-state index < -0.39 is 0 Å². The Morgan fingerprint density at radius 1 is 1.33 bits per heavy atom. The van der Waals surface area contributed by atoms with Gasteiger partial charge in [-0.3, -0.25) is 14.2 Å². The van der Waals surface area contributed by atoms with Crippen LogP contribution in [0.15, 0.2) is 47.5 Å². The number of aromatic nitrogens is 2. The SMILES string of the molecule is CCc1cc(=O)n(CCNC(=O)/C=C/c2ccc(OC)cc2)cn1. The molecule has 2 aromatic rings. The van der Waals surface area contributed by atoms with Crippen molar-refractivity contribution < 1.29 is 9.53 Å². The van der Waals surface area contributed by atoms with Crippen LogP contribution in [0.25, 0.3) is 6.08 Å². The van der Waals surface area contributed by atoms with Crippen LogP contribution in [0.4, 0.5) is 0 Å². The number of ether oxygens (including phenoxy) is 1. The zero-order chi connectivity index (χ0) is 17.4. The Labute approximate surface area is 140 Å². The van der Waals surface area contributed by atoms with E-state index in [1.54, 1.807) is 13.2 Å². The number of hydrogen-bond donors (Lipinski definition) is 1. The normalized spacial score (nSPS) is 10.8. The van der Waals surface area contributed by atoms with Crippen LogP contribution in [0.5, 0.6) is 5.75 Å². The second-order valence-corrected chi connectivity index (χ2v) is 5.16. The Balaban J connectivity index is 1.82. The third-order valence-electron chi connectivity index (χ3n) is 3.49. The predicted octanol–water partition coefficient (Wildman–Crippen LogP) is 1.64. The van der Waals surface area contributed by atoms with E-state index in [2.05, 4.69) is 10.3 Å². The molecule has 0 radical (unpaired) electrons. The summed E-state index contributed by atoms with van der Waals surface area (Å²) in [5.41, 5.74) is 1.56. The van der Waals surface area contributed by atoms with Gasteiger partial charge in [-0.05, 0) is 30.2 Å². The van der Waals surface area contributed by atoms with Crippen LogP contribution in [-0.4, -0.2) is 29.1 Å². The van der Waals surface area contributed by atoms with Gasteiger partial charge in [0.25, 0.3) is 5.56 Å². The number of aryl methyl sites for hydroxylation is 1. The number of carbonyl (C=O) groups excluding carboxylic acids is 1. The van der Waals surface area contributed by atoms with Crippen LogP contribution in [0.3, 0.4) is 0 Å². The summed E-state index contributed by atoms with van der Waals surface area (Å²) in [5, 5.41) is 2.74. The van der Waals surface area contributed by atoms with Gasteiger partial charge >= 0.3 is 0 Å². The van der Waals surface area contributed by atoms with E-state index in [0.717, 1.165) is 23.4 Å². The average Bonchev–Trinajstić information content (AvgIpc) is 2.61. The molecule has 0 atom stereocenters. The molecule has 0 spiro atoms. The van der Waals surface area contributed by atoms with Crippen molar-refractivity contribution in [1.82, 2.24) is 14.9 Å². The van der Waals surface area contributed by atoms with Crippen molar-refractivity contribution in [3.8, 4) is 5.75 Å². The molecule has 1 amide bonds. The van der Waals surface area contributed by atoms with Crippen LogP contribution in [-0.2, 0) is 17.8 Å². The molecule has 6 heteroatoms. The molecule has 6 nitrogen and oxygen atoms in total. The van der Waals surface area contributed by atoms with Gasteiger partial charge in [0.1, 0.15) is 5.75 Å². The van der Waals surface area contributed by atoms with Gasteiger partial charge in [0.15, 0.2) is 0 Å². The summed E-state index contributed by atoms with van der Waals surface area (Å²) in [6.45, 7) is 2.69. The molecule has 0 bridgehead atoms. The van der Waals surface area contributed by atoms with Crippen molar-refractivity contribution >= 4 is 12.0 Å². The molecule has 0 aliphatic heterocycles. The Kier molecular flexibility index (Phi) is 6.31. The number of amides is 1. The topological polar surface area (TPSA) is 73.2 Å². The van der Waals surface area contributed by atoms with Crippen molar-refractivity contribution in [3.05, 3.63) is 64.3 Å². The fourth-order valence-electron chi connectivity index (χ4n) is 2.07. The van der Waals surface area contributed by atoms with Crippen molar-refractivity contribution in [1.29, 1.82) is 0 Å². The van der Waals surface area contributed by atoms with Gasteiger partial charge in [0.2, 0.25) is 5.91 Å². The number of nitrogens with one attached hydrogen (secondary N) is 1. The molecule has 0 saturated carbocycles. The van der Waals surface area contributed by atoms with E-state index in [-0.39, 0.29) is 11.5 Å². The smallest absolute Gasteiger partial charge is 0.253 e. The van der Waals surface area contributed by atoms with Gasteiger partial charge < -0.3 is 10.1 Å². The summed E-state index contributed by atoms with van der Waals surface area (Å²) in [7, 11) is 1.61. The third kappa shape index (κ3) is 5.08. The maximum Gasteiger partial charge on any atom is 0.253 e. The van der Waals surface area contributed by atoms with Gasteiger partial charge in [0, 0.05) is 30.9 Å². The molecule has 1 aromatic heterocycles. The highest BCUT2D eigenvalue weighted by molar-refractivity contribution is 5.91. The lowest BCUT2D eigenvalue weighted by Crippen LogP contribution is -2.30. The second kappa shape index (κ2) is 8.67. The molecule has 126 valence electrons. The summed E-state index contributed by atoms with van der Waals surface area (Å²) in [6.07, 6.45) is 5.42. The zero-order valence-electron chi connectivity index (χ0n) is 13.9. The van der Waals surface area contributed by atoms with Crippen molar-refractivity contribution in [2.45, 2.75) is 19.9 Å². The molecule has 1 N–H and O–H groups in total. The first-order valence-electron chi connectivity index (χ1n) is 7.77. The van der Waals surface area contributed by atoms with Crippen molar-refractivity contribution in [2.24, 2.45) is 0 Å². The van der Waals surface area contributed by atoms with Gasteiger partial charge in [-0.25, -0.2) is 4.98 Å². The largest absolute Gasteiger partial charge is 0.497 e. The number of rotatable bonds is 7. The monoisotopic (exact) mass is 327 g/mol. The van der Waals surface area contributed by atoms with Crippen LogP contribution >= 0.6 is 0 Å². The zero-order valence-corrected chi connectivity index (χ0v) is 13.9. The van der Waals surface area contributed by atoms with Crippen LogP contribution < -0.4 is 15.6 Å². The molecule has 1 aromatic carbocycles. The number of benzene rings is 1. The Hall–Kier alpha value is -2.89. The lowest BCUT2D eigenvalue weighted by atomic mass is 10.2. The van der Waals surface area contributed by atoms with Gasteiger partial charge in [0.05, 0.1) is 13.4 Å². The molecule has 2 rings (SSSR count). The van der Waals surface area contributed by atoms with E-state index in [4.69, 9.17) is 4.74 Å². The van der Waals surface area contributed by atoms with Gasteiger partial charge in [-0.15, -0.1) is 0 Å². The maximum absolute atomic E-state index is 11.8. The fourth-order valence-corrected chi connectivity index (χ4v) is 2.07. The minimum Gasteiger partial charge on any atom is -0.497 e. The molecule has 0 unspecified atom stereocenters. The molecular weight excluding hydrogens is 306 g/mol.